The average Bonchev–Trinajstić information content (AvgIpc) is 3.25. The SMILES string of the molecule is COc1ccc(CNC(=O)/C(C#N)=C\c2ccc(-c3ccc(C(C)=O)cc3)o2)cc1. The topological polar surface area (TPSA) is 92.3 Å². The molecule has 30 heavy (non-hydrogen) atoms. The number of rotatable bonds is 7. The van der Waals surface area contributed by atoms with E-state index in [1.165, 1.54) is 13.0 Å². The van der Waals surface area contributed by atoms with E-state index in [0.717, 1.165) is 16.9 Å². The number of nitriles is 1. The summed E-state index contributed by atoms with van der Waals surface area (Å²) in [5.74, 6) is 1.19. The van der Waals surface area contributed by atoms with Gasteiger partial charge in [0.2, 0.25) is 0 Å². The zero-order valence-electron chi connectivity index (χ0n) is 16.6. The Kier molecular flexibility index (Phi) is 6.46. The molecule has 1 aromatic heterocycles. The van der Waals surface area contributed by atoms with Crippen LogP contribution in [-0.4, -0.2) is 18.8 Å². The first kappa shape index (κ1) is 20.6. The highest BCUT2D eigenvalue weighted by Crippen LogP contribution is 2.24. The molecular formula is C24H20N2O4. The molecule has 0 atom stereocenters. The maximum atomic E-state index is 12.4. The van der Waals surface area contributed by atoms with Crippen molar-refractivity contribution in [2.45, 2.75) is 13.5 Å². The number of Topliss-reactive ketones (excluding diaryl/α,β-unsaturated/α-hetero) is 1. The van der Waals surface area contributed by atoms with Crippen LogP contribution in [-0.2, 0) is 11.3 Å². The molecule has 6 nitrogen and oxygen atoms in total. The monoisotopic (exact) mass is 400 g/mol. The highest BCUT2D eigenvalue weighted by Gasteiger charge is 2.11. The number of hydrogen-bond acceptors (Lipinski definition) is 5. The standard InChI is InChI=1S/C24H20N2O4/c1-16(27)18-5-7-19(8-6-18)23-12-11-22(30-23)13-20(14-25)24(28)26-15-17-3-9-21(29-2)10-4-17/h3-13H,15H2,1-2H3,(H,26,28)/b20-13-. The largest absolute Gasteiger partial charge is 0.497 e. The minimum atomic E-state index is -0.489. The molecule has 0 aliphatic rings. The van der Waals surface area contributed by atoms with E-state index in [4.69, 9.17) is 9.15 Å². The second kappa shape index (κ2) is 9.39. The van der Waals surface area contributed by atoms with Crippen LogP contribution in [0.25, 0.3) is 17.4 Å². The summed E-state index contributed by atoms with van der Waals surface area (Å²) in [6.45, 7) is 1.79. The van der Waals surface area contributed by atoms with Gasteiger partial charge in [0, 0.05) is 23.7 Å². The summed E-state index contributed by atoms with van der Waals surface area (Å²) in [5.41, 5.74) is 2.24. The molecule has 0 aliphatic carbocycles. The summed E-state index contributed by atoms with van der Waals surface area (Å²) in [6.07, 6.45) is 1.40. The van der Waals surface area contributed by atoms with E-state index < -0.39 is 5.91 Å². The van der Waals surface area contributed by atoms with Gasteiger partial charge in [-0.1, -0.05) is 36.4 Å². The van der Waals surface area contributed by atoms with Gasteiger partial charge in [-0.05, 0) is 36.8 Å². The Bertz CT molecular complexity index is 1120. The van der Waals surface area contributed by atoms with E-state index in [2.05, 4.69) is 5.32 Å². The Morgan fingerprint density at radius 2 is 1.77 bits per heavy atom. The summed E-state index contributed by atoms with van der Waals surface area (Å²) < 4.78 is 10.8. The van der Waals surface area contributed by atoms with Gasteiger partial charge < -0.3 is 14.5 Å². The molecule has 0 saturated heterocycles. The number of amides is 1. The molecule has 2 aromatic carbocycles. The predicted octanol–water partition coefficient (Wildman–Crippen LogP) is 4.38. The van der Waals surface area contributed by atoms with E-state index in [9.17, 15) is 14.9 Å². The maximum Gasteiger partial charge on any atom is 0.262 e. The van der Waals surface area contributed by atoms with Crippen molar-refractivity contribution in [1.82, 2.24) is 5.32 Å². The lowest BCUT2D eigenvalue weighted by atomic mass is 10.1. The second-order valence-corrected chi connectivity index (χ2v) is 6.54. The predicted molar refractivity (Wildman–Crippen MR) is 113 cm³/mol. The molecule has 1 amide bonds. The molecule has 1 N–H and O–H groups in total. The number of nitrogens with zero attached hydrogens (tertiary/aromatic N) is 1. The van der Waals surface area contributed by atoms with Crippen LogP contribution >= 0.6 is 0 Å². The van der Waals surface area contributed by atoms with Gasteiger partial charge in [0.15, 0.2) is 5.78 Å². The number of hydrogen-bond donors (Lipinski definition) is 1. The van der Waals surface area contributed by atoms with Crippen LogP contribution < -0.4 is 10.1 Å². The van der Waals surface area contributed by atoms with E-state index in [1.807, 2.05) is 18.2 Å². The summed E-state index contributed by atoms with van der Waals surface area (Å²) in [6, 6.07) is 19.6. The molecule has 0 spiro atoms. The Labute approximate surface area is 174 Å². The van der Waals surface area contributed by atoms with Crippen molar-refractivity contribution in [2.75, 3.05) is 7.11 Å². The first-order chi connectivity index (χ1) is 14.5. The maximum absolute atomic E-state index is 12.4. The molecule has 6 heteroatoms. The summed E-state index contributed by atoms with van der Waals surface area (Å²) >= 11 is 0. The van der Waals surface area contributed by atoms with Gasteiger partial charge in [-0.2, -0.15) is 5.26 Å². The van der Waals surface area contributed by atoms with E-state index in [0.29, 0.717) is 17.1 Å². The highest BCUT2D eigenvalue weighted by atomic mass is 16.5. The van der Waals surface area contributed by atoms with Crippen LogP contribution in [0.1, 0.15) is 28.6 Å². The van der Waals surface area contributed by atoms with Crippen LogP contribution in [0.5, 0.6) is 5.75 Å². The first-order valence-electron chi connectivity index (χ1n) is 9.24. The van der Waals surface area contributed by atoms with Gasteiger partial charge in [0.25, 0.3) is 5.91 Å². The number of benzene rings is 2. The Morgan fingerprint density at radius 1 is 1.07 bits per heavy atom. The minimum absolute atomic E-state index is 0.0102. The molecule has 0 radical (unpaired) electrons. The molecule has 0 unspecified atom stereocenters. The van der Waals surface area contributed by atoms with Crippen LogP contribution in [0.3, 0.4) is 0 Å². The number of nitrogens with one attached hydrogen (secondary N) is 1. The van der Waals surface area contributed by atoms with Crippen molar-refractivity contribution in [2.24, 2.45) is 0 Å². The summed E-state index contributed by atoms with van der Waals surface area (Å²) in [5, 5.41) is 12.1. The molecule has 0 aliphatic heterocycles. The first-order valence-corrected chi connectivity index (χ1v) is 9.24. The van der Waals surface area contributed by atoms with Crippen molar-refractivity contribution in [3.8, 4) is 23.1 Å². The van der Waals surface area contributed by atoms with Crippen LogP contribution in [0.2, 0.25) is 0 Å². The van der Waals surface area contributed by atoms with Gasteiger partial charge in [-0.25, -0.2) is 0 Å². The van der Waals surface area contributed by atoms with Gasteiger partial charge in [-0.3, -0.25) is 9.59 Å². The molecule has 0 saturated carbocycles. The summed E-state index contributed by atoms with van der Waals surface area (Å²) in [7, 11) is 1.59. The summed E-state index contributed by atoms with van der Waals surface area (Å²) in [4.78, 5) is 23.7. The molecule has 0 bridgehead atoms. The third kappa shape index (κ3) is 5.03. The molecule has 1 heterocycles. The lowest BCUT2D eigenvalue weighted by Gasteiger charge is -2.05. The van der Waals surface area contributed by atoms with Gasteiger partial charge >= 0.3 is 0 Å². The zero-order chi connectivity index (χ0) is 21.5. The molecule has 3 aromatic rings. The van der Waals surface area contributed by atoms with Crippen molar-refractivity contribution in [3.05, 3.63) is 83.1 Å². The van der Waals surface area contributed by atoms with Crippen LogP contribution in [0.15, 0.2) is 70.7 Å². The molecular weight excluding hydrogens is 380 g/mol. The Morgan fingerprint density at radius 3 is 2.37 bits per heavy atom. The normalized spacial score (nSPS) is 10.9. The second-order valence-electron chi connectivity index (χ2n) is 6.54. The quantitative estimate of drug-likeness (QED) is 0.361. The average molecular weight is 400 g/mol. The van der Waals surface area contributed by atoms with Crippen LogP contribution in [0.4, 0.5) is 0 Å². The molecule has 3 rings (SSSR count). The highest BCUT2D eigenvalue weighted by molar-refractivity contribution is 6.01. The van der Waals surface area contributed by atoms with Crippen molar-refractivity contribution >= 4 is 17.8 Å². The minimum Gasteiger partial charge on any atom is -0.497 e. The van der Waals surface area contributed by atoms with Crippen LogP contribution in [0, 0.1) is 11.3 Å². The fourth-order valence-corrected chi connectivity index (χ4v) is 2.77. The lowest BCUT2D eigenvalue weighted by molar-refractivity contribution is -0.117. The fraction of sp³-hybridized carbons (Fsp3) is 0.125. The van der Waals surface area contributed by atoms with E-state index in [-0.39, 0.29) is 17.9 Å². The smallest absolute Gasteiger partial charge is 0.262 e. The van der Waals surface area contributed by atoms with Gasteiger partial charge in [-0.15, -0.1) is 0 Å². The third-order valence-corrected chi connectivity index (χ3v) is 4.47. The van der Waals surface area contributed by atoms with Crippen molar-refractivity contribution < 1.29 is 18.7 Å². The number of carbonyl (C=O) groups excluding carboxylic acids is 2. The van der Waals surface area contributed by atoms with Gasteiger partial charge in [0.1, 0.15) is 28.9 Å². The fourth-order valence-electron chi connectivity index (χ4n) is 2.77. The lowest BCUT2D eigenvalue weighted by Crippen LogP contribution is -2.23. The third-order valence-electron chi connectivity index (χ3n) is 4.47. The molecule has 150 valence electrons. The zero-order valence-corrected chi connectivity index (χ0v) is 16.6. The number of methoxy groups -OCH3 is 1. The number of ketones is 1. The van der Waals surface area contributed by atoms with Gasteiger partial charge in [0.05, 0.1) is 7.11 Å². The van der Waals surface area contributed by atoms with E-state index in [1.54, 1.807) is 55.6 Å². The number of furan rings is 1. The van der Waals surface area contributed by atoms with E-state index >= 15 is 0 Å². The molecule has 0 fully saturated rings. The number of ether oxygens (including phenoxy) is 1. The Hall–Kier alpha value is -4.11. The van der Waals surface area contributed by atoms with Crippen molar-refractivity contribution in [1.29, 1.82) is 5.26 Å². The number of carbonyl (C=O) groups is 2. The van der Waals surface area contributed by atoms with Crippen molar-refractivity contribution in [3.63, 3.8) is 0 Å². The Balaban J connectivity index is 1.68.